The molecule has 0 aliphatic carbocycles. The lowest BCUT2D eigenvalue weighted by Crippen LogP contribution is -2.37. The van der Waals surface area contributed by atoms with E-state index in [2.05, 4.69) is 15.1 Å². The number of nitrogens with zero attached hydrogens (tertiary/aromatic N) is 5. The minimum Gasteiger partial charge on any atom is -0.465 e. The van der Waals surface area contributed by atoms with Crippen molar-refractivity contribution in [2.24, 2.45) is 0 Å². The molecule has 0 unspecified atom stereocenters. The number of esters is 1. The SMILES string of the molecule is CCOC(=O)CN(CC)C(=O)c1nc2nccc(C)n2n1. The van der Waals surface area contributed by atoms with Crippen LogP contribution >= 0.6 is 0 Å². The summed E-state index contributed by atoms with van der Waals surface area (Å²) in [6.07, 6.45) is 1.60. The zero-order valence-corrected chi connectivity index (χ0v) is 12.2. The first kappa shape index (κ1) is 14.9. The van der Waals surface area contributed by atoms with Gasteiger partial charge in [0, 0.05) is 18.4 Å². The third kappa shape index (κ3) is 3.15. The minimum absolute atomic E-state index is 0.0166. The molecule has 0 fully saturated rings. The van der Waals surface area contributed by atoms with Crippen molar-refractivity contribution in [1.29, 1.82) is 0 Å². The van der Waals surface area contributed by atoms with Gasteiger partial charge in [-0.25, -0.2) is 9.50 Å². The predicted octanol–water partition coefficient (Wildman–Crippen LogP) is 0.458. The summed E-state index contributed by atoms with van der Waals surface area (Å²) in [5.74, 6) is -0.505. The number of ether oxygens (including phenoxy) is 1. The number of hydrogen-bond acceptors (Lipinski definition) is 6. The Balaban J connectivity index is 2.23. The first-order chi connectivity index (χ1) is 10.1. The van der Waals surface area contributed by atoms with Gasteiger partial charge < -0.3 is 9.64 Å². The van der Waals surface area contributed by atoms with E-state index in [4.69, 9.17) is 4.74 Å². The zero-order chi connectivity index (χ0) is 15.4. The van der Waals surface area contributed by atoms with Gasteiger partial charge in [0.25, 0.3) is 11.7 Å². The Labute approximate surface area is 121 Å². The average molecular weight is 291 g/mol. The topological polar surface area (TPSA) is 89.7 Å². The minimum atomic E-state index is -0.453. The van der Waals surface area contributed by atoms with Crippen molar-refractivity contribution in [2.75, 3.05) is 19.7 Å². The molecule has 0 atom stereocenters. The Bertz CT molecular complexity index is 667. The van der Waals surface area contributed by atoms with E-state index in [1.165, 1.54) is 9.42 Å². The second-order valence-electron chi connectivity index (χ2n) is 4.36. The van der Waals surface area contributed by atoms with Crippen molar-refractivity contribution in [3.8, 4) is 0 Å². The highest BCUT2D eigenvalue weighted by atomic mass is 16.5. The summed E-state index contributed by atoms with van der Waals surface area (Å²) in [5, 5.41) is 4.13. The molecule has 112 valence electrons. The van der Waals surface area contributed by atoms with Gasteiger partial charge in [0.15, 0.2) is 0 Å². The van der Waals surface area contributed by atoms with Crippen molar-refractivity contribution < 1.29 is 14.3 Å². The maximum absolute atomic E-state index is 12.3. The zero-order valence-electron chi connectivity index (χ0n) is 12.2. The van der Waals surface area contributed by atoms with E-state index in [0.717, 1.165) is 5.69 Å². The van der Waals surface area contributed by atoms with Crippen LogP contribution in [0.3, 0.4) is 0 Å². The summed E-state index contributed by atoms with van der Waals surface area (Å²) < 4.78 is 6.34. The van der Waals surface area contributed by atoms with Crippen LogP contribution in [-0.4, -0.2) is 56.1 Å². The maximum atomic E-state index is 12.3. The molecule has 0 radical (unpaired) electrons. The molecule has 0 saturated carbocycles. The van der Waals surface area contributed by atoms with Crippen LogP contribution < -0.4 is 0 Å². The van der Waals surface area contributed by atoms with Gasteiger partial charge in [-0.3, -0.25) is 9.59 Å². The molecule has 2 aromatic heterocycles. The summed E-state index contributed by atoms with van der Waals surface area (Å²) in [4.78, 5) is 33.3. The summed E-state index contributed by atoms with van der Waals surface area (Å²) in [7, 11) is 0. The van der Waals surface area contributed by atoms with Crippen molar-refractivity contribution >= 4 is 17.7 Å². The lowest BCUT2D eigenvalue weighted by atomic mass is 10.4. The fourth-order valence-corrected chi connectivity index (χ4v) is 1.83. The number of likely N-dealkylation sites (N-methyl/N-ethyl adjacent to an activating group) is 1. The van der Waals surface area contributed by atoms with Crippen LogP contribution in [0.25, 0.3) is 5.78 Å². The molecular weight excluding hydrogens is 274 g/mol. The molecule has 0 aliphatic rings. The van der Waals surface area contributed by atoms with Gasteiger partial charge in [0.05, 0.1) is 6.61 Å². The van der Waals surface area contributed by atoms with Gasteiger partial charge in [0.2, 0.25) is 5.82 Å². The molecule has 1 amide bonds. The monoisotopic (exact) mass is 291 g/mol. The van der Waals surface area contributed by atoms with Gasteiger partial charge in [-0.2, -0.15) is 4.98 Å². The van der Waals surface area contributed by atoms with E-state index < -0.39 is 11.9 Å². The molecule has 0 aromatic carbocycles. The summed E-state index contributed by atoms with van der Waals surface area (Å²) in [5.41, 5.74) is 0.819. The van der Waals surface area contributed by atoms with E-state index in [1.54, 1.807) is 26.1 Å². The number of fused-ring (bicyclic) bond motifs is 1. The van der Waals surface area contributed by atoms with Crippen LogP contribution in [0, 0.1) is 6.92 Å². The van der Waals surface area contributed by atoms with E-state index >= 15 is 0 Å². The average Bonchev–Trinajstić information content (AvgIpc) is 2.90. The Morgan fingerprint density at radius 3 is 2.76 bits per heavy atom. The van der Waals surface area contributed by atoms with Gasteiger partial charge in [-0.15, -0.1) is 5.10 Å². The molecule has 2 aromatic rings. The number of carbonyl (C=O) groups excluding carboxylic acids is 2. The molecular formula is C13H17N5O3. The predicted molar refractivity (Wildman–Crippen MR) is 73.7 cm³/mol. The van der Waals surface area contributed by atoms with Crippen molar-refractivity contribution in [2.45, 2.75) is 20.8 Å². The lowest BCUT2D eigenvalue weighted by Gasteiger charge is -2.17. The van der Waals surface area contributed by atoms with Gasteiger partial charge in [0.1, 0.15) is 6.54 Å². The summed E-state index contributed by atoms with van der Waals surface area (Å²) in [6.45, 7) is 5.85. The van der Waals surface area contributed by atoms with E-state index in [9.17, 15) is 9.59 Å². The van der Waals surface area contributed by atoms with Crippen LogP contribution in [0.15, 0.2) is 12.3 Å². The van der Waals surface area contributed by atoms with Crippen LogP contribution in [0.2, 0.25) is 0 Å². The van der Waals surface area contributed by atoms with E-state index in [1.807, 2.05) is 6.92 Å². The molecule has 0 aliphatic heterocycles. The quantitative estimate of drug-likeness (QED) is 0.743. The third-order valence-corrected chi connectivity index (χ3v) is 2.92. The van der Waals surface area contributed by atoms with E-state index in [-0.39, 0.29) is 19.0 Å². The number of aromatic nitrogens is 4. The van der Waals surface area contributed by atoms with Crippen LogP contribution in [0.5, 0.6) is 0 Å². The summed E-state index contributed by atoms with van der Waals surface area (Å²) >= 11 is 0. The van der Waals surface area contributed by atoms with Crippen molar-refractivity contribution in [3.63, 3.8) is 0 Å². The highest BCUT2D eigenvalue weighted by Crippen LogP contribution is 2.05. The fraction of sp³-hybridized carbons (Fsp3) is 0.462. The number of amides is 1. The molecule has 21 heavy (non-hydrogen) atoms. The van der Waals surface area contributed by atoms with Gasteiger partial charge in [-0.05, 0) is 26.8 Å². The van der Waals surface area contributed by atoms with E-state index in [0.29, 0.717) is 12.3 Å². The molecule has 8 heteroatoms. The van der Waals surface area contributed by atoms with Crippen molar-refractivity contribution in [1.82, 2.24) is 24.5 Å². The molecule has 0 spiro atoms. The Hall–Kier alpha value is -2.51. The third-order valence-electron chi connectivity index (χ3n) is 2.92. The van der Waals surface area contributed by atoms with Crippen LogP contribution in [-0.2, 0) is 9.53 Å². The van der Waals surface area contributed by atoms with Crippen LogP contribution in [0.4, 0.5) is 0 Å². The van der Waals surface area contributed by atoms with Crippen molar-refractivity contribution in [3.05, 3.63) is 23.8 Å². The Kier molecular flexibility index (Phi) is 4.46. The lowest BCUT2D eigenvalue weighted by molar-refractivity contribution is -0.143. The smallest absolute Gasteiger partial charge is 0.325 e. The second-order valence-corrected chi connectivity index (χ2v) is 4.36. The number of rotatable bonds is 5. The molecule has 2 heterocycles. The Morgan fingerprint density at radius 2 is 2.14 bits per heavy atom. The standard InChI is InChI=1S/C13H17N5O3/c1-4-17(8-10(19)21-5-2)12(20)11-15-13-14-7-6-9(3)18(13)16-11/h6-7H,4-5,8H2,1-3H3. The first-order valence-electron chi connectivity index (χ1n) is 6.70. The molecule has 0 N–H and O–H groups in total. The second kappa shape index (κ2) is 6.29. The largest absolute Gasteiger partial charge is 0.465 e. The molecule has 8 nitrogen and oxygen atoms in total. The highest BCUT2D eigenvalue weighted by Gasteiger charge is 2.22. The highest BCUT2D eigenvalue weighted by molar-refractivity contribution is 5.93. The molecule has 0 bridgehead atoms. The van der Waals surface area contributed by atoms with Gasteiger partial charge in [-0.1, -0.05) is 0 Å². The maximum Gasteiger partial charge on any atom is 0.325 e. The molecule has 0 saturated heterocycles. The molecule has 2 rings (SSSR count). The summed E-state index contributed by atoms with van der Waals surface area (Å²) in [6, 6.07) is 1.77. The Morgan fingerprint density at radius 1 is 1.38 bits per heavy atom. The number of carbonyl (C=O) groups is 2. The van der Waals surface area contributed by atoms with Crippen LogP contribution in [0.1, 0.15) is 30.2 Å². The normalized spacial score (nSPS) is 10.6. The first-order valence-corrected chi connectivity index (χ1v) is 6.70. The fourth-order valence-electron chi connectivity index (χ4n) is 1.83. The number of aryl methyl sites for hydroxylation is 1. The van der Waals surface area contributed by atoms with Gasteiger partial charge >= 0.3 is 5.97 Å². The number of hydrogen-bond donors (Lipinski definition) is 0.